The number of likely N-dealkylation sites (tertiary alicyclic amines) is 1. The molecule has 0 radical (unpaired) electrons. The van der Waals surface area contributed by atoms with Crippen LogP contribution in [0.5, 0.6) is 11.5 Å². The molecule has 0 spiro atoms. The SMILES string of the molecule is O=C(/C=C/c1cccs1)N1CCC[C@H]1c1ccc2c(c1)OCCCO2. The second kappa shape index (κ2) is 7.31. The summed E-state index contributed by atoms with van der Waals surface area (Å²) in [4.78, 5) is 15.7. The predicted octanol–water partition coefficient (Wildman–Crippen LogP) is 4.29. The number of benzene rings is 1. The summed E-state index contributed by atoms with van der Waals surface area (Å²) in [7, 11) is 0. The van der Waals surface area contributed by atoms with Crippen molar-refractivity contribution < 1.29 is 14.3 Å². The molecule has 0 N–H and O–H groups in total. The maximum absolute atomic E-state index is 12.7. The van der Waals surface area contributed by atoms with Gasteiger partial charge in [-0.05, 0) is 48.1 Å². The number of thiophene rings is 1. The Morgan fingerprint density at radius 2 is 2.04 bits per heavy atom. The topological polar surface area (TPSA) is 38.8 Å². The van der Waals surface area contributed by atoms with Crippen LogP contribution >= 0.6 is 11.3 Å². The first-order valence-corrected chi connectivity index (χ1v) is 9.61. The molecule has 1 fully saturated rings. The van der Waals surface area contributed by atoms with Crippen molar-refractivity contribution in [3.8, 4) is 11.5 Å². The van der Waals surface area contributed by atoms with Crippen LogP contribution in [0.1, 0.15) is 35.7 Å². The zero-order chi connectivity index (χ0) is 17.1. The molecule has 4 nitrogen and oxygen atoms in total. The van der Waals surface area contributed by atoms with Gasteiger partial charge in [0.15, 0.2) is 11.5 Å². The summed E-state index contributed by atoms with van der Waals surface area (Å²) in [6, 6.07) is 10.2. The van der Waals surface area contributed by atoms with Crippen molar-refractivity contribution in [1.82, 2.24) is 4.90 Å². The highest BCUT2D eigenvalue weighted by atomic mass is 32.1. The van der Waals surface area contributed by atoms with Gasteiger partial charge in [0.05, 0.1) is 19.3 Å². The lowest BCUT2D eigenvalue weighted by Crippen LogP contribution is -2.28. The first kappa shape index (κ1) is 16.2. The molecule has 1 aromatic heterocycles. The van der Waals surface area contributed by atoms with Gasteiger partial charge in [0.25, 0.3) is 0 Å². The smallest absolute Gasteiger partial charge is 0.247 e. The lowest BCUT2D eigenvalue weighted by atomic mass is 10.0. The molecule has 2 aromatic rings. The van der Waals surface area contributed by atoms with Gasteiger partial charge in [-0.15, -0.1) is 11.3 Å². The van der Waals surface area contributed by atoms with E-state index >= 15 is 0 Å². The molecule has 0 aliphatic carbocycles. The van der Waals surface area contributed by atoms with Gasteiger partial charge in [-0.3, -0.25) is 4.79 Å². The fourth-order valence-corrected chi connectivity index (χ4v) is 4.02. The zero-order valence-corrected chi connectivity index (χ0v) is 14.8. The van der Waals surface area contributed by atoms with Crippen LogP contribution in [-0.2, 0) is 4.79 Å². The van der Waals surface area contributed by atoms with Crippen LogP contribution < -0.4 is 9.47 Å². The third-order valence-electron chi connectivity index (χ3n) is 4.63. The largest absolute Gasteiger partial charge is 0.490 e. The molecule has 1 aromatic carbocycles. The minimum Gasteiger partial charge on any atom is -0.490 e. The van der Waals surface area contributed by atoms with E-state index in [2.05, 4.69) is 6.07 Å². The average Bonchev–Trinajstić information content (AvgIpc) is 3.27. The monoisotopic (exact) mass is 355 g/mol. The van der Waals surface area contributed by atoms with Gasteiger partial charge in [0.1, 0.15) is 0 Å². The van der Waals surface area contributed by atoms with E-state index in [1.807, 2.05) is 40.6 Å². The molecule has 5 heteroatoms. The van der Waals surface area contributed by atoms with Gasteiger partial charge in [-0.25, -0.2) is 0 Å². The Morgan fingerprint density at radius 3 is 2.88 bits per heavy atom. The van der Waals surface area contributed by atoms with E-state index in [1.54, 1.807) is 17.4 Å². The third-order valence-corrected chi connectivity index (χ3v) is 5.46. The maximum Gasteiger partial charge on any atom is 0.247 e. The molecule has 0 bridgehead atoms. The van der Waals surface area contributed by atoms with Crippen molar-refractivity contribution in [3.63, 3.8) is 0 Å². The summed E-state index contributed by atoms with van der Waals surface area (Å²) in [5.74, 6) is 1.67. The minimum atomic E-state index is 0.0722. The summed E-state index contributed by atoms with van der Waals surface area (Å²) in [6.07, 6.45) is 6.49. The molecule has 3 heterocycles. The Bertz CT molecular complexity index is 769. The quantitative estimate of drug-likeness (QED) is 0.771. The zero-order valence-electron chi connectivity index (χ0n) is 14.0. The van der Waals surface area contributed by atoms with E-state index in [0.717, 1.165) is 47.7 Å². The van der Waals surface area contributed by atoms with E-state index < -0.39 is 0 Å². The second-order valence-electron chi connectivity index (χ2n) is 6.30. The highest BCUT2D eigenvalue weighted by Crippen LogP contribution is 2.38. The molecular weight excluding hydrogens is 334 g/mol. The molecule has 1 saturated heterocycles. The molecule has 25 heavy (non-hydrogen) atoms. The van der Waals surface area contributed by atoms with E-state index in [9.17, 15) is 4.79 Å². The number of hydrogen-bond acceptors (Lipinski definition) is 4. The lowest BCUT2D eigenvalue weighted by molar-refractivity contribution is -0.126. The van der Waals surface area contributed by atoms with Crippen LogP contribution in [0.15, 0.2) is 41.8 Å². The summed E-state index contributed by atoms with van der Waals surface area (Å²) >= 11 is 1.63. The van der Waals surface area contributed by atoms with Gasteiger partial charge < -0.3 is 14.4 Å². The van der Waals surface area contributed by atoms with Crippen LogP contribution in [-0.4, -0.2) is 30.6 Å². The van der Waals surface area contributed by atoms with Crippen LogP contribution in [0.4, 0.5) is 0 Å². The van der Waals surface area contributed by atoms with E-state index in [4.69, 9.17) is 9.47 Å². The van der Waals surface area contributed by atoms with E-state index in [0.29, 0.717) is 13.2 Å². The number of fused-ring (bicyclic) bond motifs is 1. The van der Waals surface area contributed by atoms with Crippen molar-refractivity contribution in [3.05, 3.63) is 52.2 Å². The molecular formula is C20H21NO3S. The summed E-state index contributed by atoms with van der Waals surface area (Å²) < 4.78 is 11.5. The van der Waals surface area contributed by atoms with Gasteiger partial charge in [0, 0.05) is 23.9 Å². The van der Waals surface area contributed by atoms with Crippen LogP contribution in [0.25, 0.3) is 6.08 Å². The van der Waals surface area contributed by atoms with Crippen molar-refractivity contribution in [2.75, 3.05) is 19.8 Å². The number of carbonyl (C=O) groups is 1. The minimum absolute atomic E-state index is 0.0722. The predicted molar refractivity (Wildman–Crippen MR) is 99.1 cm³/mol. The van der Waals surface area contributed by atoms with E-state index in [1.165, 1.54) is 0 Å². The number of hydrogen-bond donors (Lipinski definition) is 0. The fraction of sp³-hybridized carbons (Fsp3) is 0.350. The summed E-state index contributed by atoms with van der Waals surface area (Å²) in [6.45, 7) is 2.16. The van der Waals surface area contributed by atoms with Crippen molar-refractivity contribution in [1.29, 1.82) is 0 Å². The molecule has 2 aliphatic rings. The van der Waals surface area contributed by atoms with Gasteiger partial charge in [0.2, 0.25) is 5.91 Å². The summed E-state index contributed by atoms with van der Waals surface area (Å²) in [5, 5.41) is 2.01. The maximum atomic E-state index is 12.7. The van der Waals surface area contributed by atoms with E-state index in [-0.39, 0.29) is 11.9 Å². The Hall–Kier alpha value is -2.27. The molecule has 2 aliphatic heterocycles. The molecule has 4 rings (SSSR count). The number of rotatable bonds is 3. The van der Waals surface area contributed by atoms with Crippen molar-refractivity contribution in [2.45, 2.75) is 25.3 Å². The Kier molecular flexibility index (Phi) is 4.74. The average molecular weight is 355 g/mol. The molecule has 0 unspecified atom stereocenters. The number of ether oxygens (including phenoxy) is 2. The third kappa shape index (κ3) is 3.56. The van der Waals surface area contributed by atoms with Crippen LogP contribution in [0.2, 0.25) is 0 Å². The lowest BCUT2D eigenvalue weighted by Gasteiger charge is -2.24. The first-order valence-electron chi connectivity index (χ1n) is 8.73. The molecule has 1 amide bonds. The first-order chi connectivity index (χ1) is 12.3. The molecule has 0 saturated carbocycles. The highest BCUT2D eigenvalue weighted by Gasteiger charge is 2.29. The van der Waals surface area contributed by atoms with Gasteiger partial charge in [-0.1, -0.05) is 12.1 Å². The molecule has 1 atom stereocenters. The second-order valence-corrected chi connectivity index (χ2v) is 7.27. The number of carbonyl (C=O) groups excluding carboxylic acids is 1. The van der Waals surface area contributed by atoms with Crippen LogP contribution in [0, 0.1) is 0 Å². The van der Waals surface area contributed by atoms with Crippen LogP contribution in [0.3, 0.4) is 0 Å². The summed E-state index contributed by atoms with van der Waals surface area (Å²) in [5.41, 5.74) is 1.12. The van der Waals surface area contributed by atoms with Crippen molar-refractivity contribution in [2.24, 2.45) is 0 Å². The Balaban J connectivity index is 1.53. The number of nitrogens with zero attached hydrogens (tertiary/aromatic N) is 1. The number of amides is 1. The van der Waals surface area contributed by atoms with Gasteiger partial charge >= 0.3 is 0 Å². The van der Waals surface area contributed by atoms with Gasteiger partial charge in [-0.2, -0.15) is 0 Å². The highest BCUT2D eigenvalue weighted by molar-refractivity contribution is 7.10. The van der Waals surface area contributed by atoms with Crippen molar-refractivity contribution >= 4 is 23.3 Å². The standard InChI is InChI=1S/C20H21NO3S/c22-20(9-7-16-4-2-13-25-16)21-10-1-5-17(21)15-6-8-18-19(14-15)24-12-3-11-23-18/h2,4,6-9,13-14,17H,1,3,5,10-12H2/b9-7+/t17-/m0/s1. The normalized spacial score (nSPS) is 20.0. The fourth-order valence-electron chi connectivity index (χ4n) is 3.40. The Labute approximate surface area is 151 Å². The molecule has 130 valence electrons. The Morgan fingerprint density at radius 1 is 1.16 bits per heavy atom.